The zero-order valence-electron chi connectivity index (χ0n) is 12.9. The molecule has 0 aromatic rings. The Morgan fingerprint density at radius 3 is 2.60 bits per heavy atom. The molecule has 0 amide bonds. The summed E-state index contributed by atoms with van der Waals surface area (Å²) in [5.41, 5.74) is 7.95. The summed E-state index contributed by atoms with van der Waals surface area (Å²) >= 11 is 0. The molecular weight excluding hydrogens is 240 g/mol. The maximum atomic E-state index is 2.46. The standard InChI is InChI=1S/C20H22/c1-13-9-15-5-7-17-11-14(2)12-18-8-6-16(10-13)19(15,3)20(17,18)4/h5,7,9-12H,6,8H2,1-4H3/q+2/t19-,20-/m1/s1. The van der Waals surface area contributed by atoms with E-state index < -0.39 is 0 Å². The summed E-state index contributed by atoms with van der Waals surface area (Å²) in [6.07, 6.45) is 16.8. The molecule has 0 aliphatic heterocycles. The van der Waals surface area contributed by atoms with Gasteiger partial charge in [0.1, 0.15) is 17.4 Å². The minimum absolute atomic E-state index is 0.151. The van der Waals surface area contributed by atoms with Gasteiger partial charge in [-0.25, -0.2) is 0 Å². The highest BCUT2D eigenvalue weighted by Gasteiger charge is 2.67. The van der Waals surface area contributed by atoms with Crippen LogP contribution >= 0.6 is 0 Å². The molecule has 0 bridgehead atoms. The van der Waals surface area contributed by atoms with Crippen molar-refractivity contribution in [2.24, 2.45) is 10.8 Å². The van der Waals surface area contributed by atoms with E-state index in [2.05, 4.69) is 64.5 Å². The average molecular weight is 262 g/mol. The molecule has 0 aromatic carbocycles. The minimum atomic E-state index is 0.151. The molecule has 1 fully saturated rings. The summed E-state index contributed by atoms with van der Waals surface area (Å²) in [7, 11) is 0. The van der Waals surface area contributed by atoms with Crippen LogP contribution in [0.3, 0.4) is 0 Å². The fraction of sp³-hybridized carbons (Fsp3) is 0.400. The topological polar surface area (TPSA) is 0 Å². The van der Waals surface area contributed by atoms with Gasteiger partial charge in [-0.3, -0.25) is 0 Å². The van der Waals surface area contributed by atoms with E-state index in [9.17, 15) is 0 Å². The Bertz CT molecular complexity index is 650. The van der Waals surface area contributed by atoms with Crippen LogP contribution < -0.4 is 0 Å². The van der Waals surface area contributed by atoms with Crippen molar-refractivity contribution >= 4 is 0 Å². The van der Waals surface area contributed by atoms with Crippen LogP contribution in [0.4, 0.5) is 0 Å². The van der Waals surface area contributed by atoms with Gasteiger partial charge >= 0.3 is 0 Å². The third-order valence-electron chi connectivity index (χ3n) is 6.12. The van der Waals surface area contributed by atoms with Crippen LogP contribution in [-0.2, 0) is 0 Å². The molecule has 0 heteroatoms. The van der Waals surface area contributed by atoms with Gasteiger partial charge in [-0.05, 0) is 38.3 Å². The van der Waals surface area contributed by atoms with E-state index in [-0.39, 0.29) is 10.8 Å². The molecule has 100 valence electrons. The highest BCUT2D eigenvalue weighted by molar-refractivity contribution is 5.64. The van der Waals surface area contributed by atoms with E-state index in [4.69, 9.17) is 0 Å². The molecule has 0 N–H and O–H groups in total. The zero-order valence-corrected chi connectivity index (χ0v) is 12.9. The molecule has 0 aromatic heterocycles. The summed E-state index contributed by atoms with van der Waals surface area (Å²) < 4.78 is 0. The van der Waals surface area contributed by atoms with Gasteiger partial charge in [0.2, 0.25) is 0 Å². The highest BCUT2D eigenvalue weighted by Crippen LogP contribution is 2.67. The Kier molecular flexibility index (Phi) is 2.17. The predicted molar refractivity (Wildman–Crippen MR) is 84.8 cm³/mol. The first-order valence-corrected chi connectivity index (χ1v) is 7.68. The molecular formula is C20H22+2. The first-order chi connectivity index (χ1) is 9.46. The number of allylic oxidation sites excluding steroid dienone is 10. The van der Waals surface area contributed by atoms with Gasteiger partial charge in [0.05, 0.1) is 29.6 Å². The van der Waals surface area contributed by atoms with E-state index in [0.717, 1.165) is 0 Å². The van der Waals surface area contributed by atoms with Gasteiger partial charge in [0.25, 0.3) is 0 Å². The Balaban J connectivity index is 2.03. The summed E-state index contributed by atoms with van der Waals surface area (Å²) in [6, 6.07) is 0. The maximum Gasteiger partial charge on any atom is 0.171 e. The highest BCUT2D eigenvalue weighted by atomic mass is 14.6. The molecule has 0 saturated heterocycles. The smallest absolute Gasteiger partial charge is 0.0567 e. The molecule has 0 heterocycles. The zero-order chi connectivity index (χ0) is 14.1. The maximum absolute atomic E-state index is 2.46. The van der Waals surface area contributed by atoms with Gasteiger partial charge in [0, 0.05) is 25.0 Å². The van der Waals surface area contributed by atoms with Crippen molar-refractivity contribution < 1.29 is 0 Å². The van der Waals surface area contributed by atoms with Crippen LogP contribution in [0.5, 0.6) is 0 Å². The fourth-order valence-electron chi connectivity index (χ4n) is 4.81. The largest absolute Gasteiger partial charge is 0.171 e. The van der Waals surface area contributed by atoms with Gasteiger partial charge in [-0.2, -0.15) is 0 Å². The summed E-state index contributed by atoms with van der Waals surface area (Å²) in [5.74, 6) is 1.40. The molecule has 4 aliphatic rings. The number of rotatable bonds is 0. The van der Waals surface area contributed by atoms with Gasteiger partial charge in [-0.15, -0.1) is 0 Å². The molecule has 4 aliphatic carbocycles. The van der Waals surface area contributed by atoms with E-state index in [1.54, 1.807) is 11.1 Å². The van der Waals surface area contributed by atoms with Crippen LogP contribution in [0, 0.1) is 23.2 Å². The molecule has 0 unspecified atom stereocenters. The number of hydrogen-bond donors (Lipinski definition) is 0. The van der Waals surface area contributed by atoms with Crippen LogP contribution in [0.2, 0.25) is 0 Å². The fourth-order valence-corrected chi connectivity index (χ4v) is 4.81. The predicted octanol–water partition coefficient (Wildman–Crippen LogP) is 5.28. The van der Waals surface area contributed by atoms with E-state index in [0.29, 0.717) is 0 Å². The third-order valence-corrected chi connectivity index (χ3v) is 6.12. The first kappa shape index (κ1) is 12.2. The van der Waals surface area contributed by atoms with Gasteiger partial charge in [0.15, 0.2) is 5.57 Å². The van der Waals surface area contributed by atoms with Crippen molar-refractivity contribution in [2.45, 2.75) is 40.5 Å². The summed E-state index contributed by atoms with van der Waals surface area (Å²) in [5, 5.41) is 0. The molecule has 0 radical (unpaired) electrons. The quantitative estimate of drug-likeness (QED) is 0.521. The lowest BCUT2D eigenvalue weighted by atomic mass is 9.44. The lowest BCUT2D eigenvalue weighted by Crippen LogP contribution is -2.49. The van der Waals surface area contributed by atoms with Crippen LogP contribution in [-0.4, -0.2) is 0 Å². The van der Waals surface area contributed by atoms with E-state index in [1.165, 1.54) is 35.5 Å². The second-order valence-electron chi connectivity index (χ2n) is 7.11. The van der Waals surface area contributed by atoms with Crippen LogP contribution in [0.15, 0.2) is 58.2 Å². The van der Waals surface area contributed by atoms with Crippen molar-refractivity contribution in [1.29, 1.82) is 0 Å². The van der Waals surface area contributed by atoms with Crippen molar-refractivity contribution in [3.63, 3.8) is 0 Å². The minimum Gasteiger partial charge on any atom is -0.0567 e. The Morgan fingerprint density at radius 2 is 1.80 bits per heavy atom. The molecule has 4 rings (SSSR count). The molecule has 0 nitrogen and oxygen atoms in total. The van der Waals surface area contributed by atoms with Gasteiger partial charge in [-0.1, -0.05) is 6.08 Å². The van der Waals surface area contributed by atoms with Crippen molar-refractivity contribution in [3.05, 3.63) is 70.6 Å². The van der Waals surface area contributed by atoms with Crippen molar-refractivity contribution in [3.8, 4) is 0 Å². The van der Waals surface area contributed by atoms with Crippen LogP contribution in [0.1, 0.15) is 40.5 Å². The summed E-state index contributed by atoms with van der Waals surface area (Å²) in [6.45, 7) is 9.38. The SMILES string of the molecule is CC1=CC2=C[CH+]C3=C[C+](C)C=C4CCC(=C1)[C@]2(C)[C@]34C. The monoisotopic (exact) mass is 262 g/mol. The summed E-state index contributed by atoms with van der Waals surface area (Å²) in [4.78, 5) is 0. The lowest BCUT2D eigenvalue weighted by Gasteiger charge is -2.50. The second-order valence-corrected chi connectivity index (χ2v) is 7.11. The van der Waals surface area contributed by atoms with Gasteiger partial charge < -0.3 is 0 Å². The van der Waals surface area contributed by atoms with E-state index >= 15 is 0 Å². The first-order valence-electron chi connectivity index (χ1n) is 7.68. The molecule has 20 heavy (non-hydrogen) atoms. The Labute approximate surface area is 122 Å². The normalized spacial score (nSPS) is 37.8. The molecule has 0 spiro atoms. The number of hydrogen-bond acceptors (Lipinski definition) is 0. The van der Waals surface area contributed by atoms with E-state index in [1.807, 2.05) is 0 Å². The second kappa shape index (κ2) is 3.55. The Hall–Kier alpha value is -1.56. The Morgan fingerprint density at radius 1 is 1.05 bits per heavy atom. The lowest BCUT2D eigenvalue weighted by molar-refractivity contribution is 0.204. The van der Waals surface area contributed by atoms with Crippen molar-refractivity contribution in [2.75, 3.05) is 0 Å². The molecule has 1 saturated carbocycles. The average Bonchev–Trinajstić information content (AvgIpc) is 2.38. The third kappa shape index (κ3) is 1.19. The van der Waals surface area contributed by atoms with Crippen LogP contribution in [0.25, 0.3) is 0 Å². The molecule has 2 atom stereocenters. The van der Waals surface area contributed by atoms with Crippen molar-refractivity contribution in [1.82, 2.24) is 0 Å².